The van der Waals surface area contributed by atoms with Crippen LogP contribution in [0.4, 0.5) is 18.9 Å². The molecule has 2 aromatic heterocycles. The Kier molecular flexibility index (Phi) is 5.56. The standard InChI is InChI=1S/C18H15F3N6O/c1-22-14-6-5-13(15(19)8-14)4-2-12-3-7-16(23-9-12)18(20,21)17(28)10-27-11-24-25-26-27/h3,5-9,11,17,22,28H,10H2,1H3. The second kappa shape index (κ2) is 8.06. The lowest BCUT2D eigenvalue weighted by Gasteiger charge is -2.21. The quantitative estimate of drug-likeness (QED) is 0.648. The summed E-state index contributed by atoms with van der Waals surface area (Å²) in [6, 6.07) is 6.87. The fraction of sp³-hybridized carbons (Fsp3) is 0.222. The molecule has 1 unspecified atom stereocenters. The summed E-state index contributed by atoms with van der Waals surface area (Å²) in [5, 5.41) is 22.7. The van der Waals surface area contributed by atoms with Crippen LogP contribution >= 0.6 is 0 Å². The molecule has 2 heterocycles. The van der Waals surface area contributed by atoms with Crippen LogP contribution in [0.3, 0.4) is 0 Å². The van der Waals surface area contributed by atoms with Crippen molar-refractivity contribution in [3.05, 3.63) is 65.5 Å². The van der Waals surface area contributed by atoms with Crippen molar-refractivity contribution in [2.24, 2.45) is 0 Å². The molecular weight excluding hydrogens is 373 g/mol. The van der Waals surface area contributed by atoms with Crippen LogP contribution in [0.15, 0.2) is 42.9 Å². The number of benzene rings is 1. The molecule has 0 bridgehead atoms. The Labute approximate surface area is 158 Å². The summed E-state index contributed by atoms with van der Waals surface area (Å²) in [6.07, 6.45) is 0.188. The number of alkyl halides is 2. The number of aliphatic hydroxyl groups is 1. The molecule has 7 nitrogen and oxygen atoms in total. The highest BCUT2D eigenvalue weighted by atomic mass is 19.3. The first-order valence-corrected chi connectivity index (χ1v) is 8.12. The van der Waals surface area contributed by atoms with Crippen LogP contribution in [0.2, 0.25) is 0 Å². The van der Waals surface area contributed by atoms with Crippen molar-refractivity contribution in [3.8, 4) is 11.8 Å². The minimum absolute atomic E-state index is 0.172. The van der Waals surface area contributed by atoms with Gasteiger partial charge in [0, 0.05) is 24.5 Å². The van der Waals surface area contributed by atoms with E-state index in [0.29, 0.717) is 11.3 Å². The van der Waals surface area contributed by atoms with Gasteiger partial charge >= 0.3 is 5.92 Å². The first-order valence-electron chi connectivity index (χ1n) is 8.12. The number of nitrogens with one attached hydrogen (secondary N) is 1. The average Bonchev–Trinajstić information content (AvgIpc) is 3.20. The zero-order valence-electron chi connectivity index (χ0n) is 14.6. The Morgan fingerprint density at radius 3 is 2.68 bits per heavy atom. The fourth-order valence-corrected chi connectivity index (χ4v) is 2.30. The third-order valence-corrected chi connectivity index (χ3v) is 3.87. The number of tetrazole rings is 1. The van der Waals surface area contributed by atoms with Crippen LogP contribution in [0.1, 0.15) is 16.8 Å². The number of nitrogens with zero attached hydrogens (tertiary/aromatic N) is 5. The Morgan fingerprint density at radius 2 is 2.07 bits per heavy atom. The molecule has 0 amide bonds. The van der Waals surface area contributed by atoms with E-state index in [2.05, 4.69) is 37.7 Å². The molecule has 0 spiro atoms. The van der Waals surface area contributed by atoms with E-state index in [9.17, 15) is 18.3 Å². The lowest BCUT2D eigenvalue weighted by atomic mass is 10.1. The molecule has 3 aromatic rings. The number of aromatic nitrogens is 5. The molecule has 0 fully saturated rings. The second-order valence-electron chi connectivity index (χ2n) is 5.80. The molecule has 0 radical (unpaired) electrons. The monoisotopic (exact) mass is 388 g/mol. The normalized spacial score (nSPS) is 12.2. The maximum Gasteiger partial charge on any atom is 0.316 e. The van der Waals surface area contributed by atoms with Crippen molar-refractivity contribution >= 4 is 5.69 Å². The Morgan fingerprint density at radius 1 is 1.25 bits per heavy atom. The topological polar surface area (TPSA) is 88.8 Å². The molecule has 2 N–H and O–H groups in total. The van der Waals surface area contributed by atoms with Crippen LogP contribution < -0.4 is 5.32 Å². The van der Waals surface area contributed by atoms with Gasteiger partial charge in [0.1, 0.15) is 23.9 Å². The molecule has 0 aliphatic rings. The number of anilines is 1. The van der Waals surface area contributed by atoms with E-state index in [-0.39, 0.29) is 5.56 Å². The minimum Gasteiger partial charge on any atom is -0.388 e. The van der Waals surface area contributed by atoms with E-state index < -0.39 is 30.1 Å². The largest absolute Gasteiger partial charge is 0.388 e. The molecule has 3 rings (SSSR count). The molecule has 1 aromatic carbocycles. The van der Waals surface area contributed by atoms with Gasteiger partial charge in [-0.25, -0.2) is 9.07 Å². The summed E-state index contributed by atoms with van der Waals surface area (Å²) in [6.45, 7) is -0.495. The van der Waals surface area contributed by atoms with Crippen LogP contribution in [0, 0.1) is 17.7 Å². The number of hydrogen-bond donors (Lipinski definition) is 2. The molecule has 1 atom stereocenters. The van der Waals surface area contributed by atoms with Gasteiger partial charge < -0.3 is 10.4 Å². The summed E-state index contributed by atoms with van der Waals surface area (Å²) in [5.74, 6) is 1.19. The second-order valence-corrected chi connectivity index (χ2v) is 5.80. The number of halogens is 3. The van der Waals surface area contributed by atoms with Gasteiger partial charge in [-0.05, 0) is 40.8 Å². The Hall–Kier alpha value is -3.45. The number of pyridine rings is 1. The molecule has 0 saturated carbocycles. The van der Waals surface area contributed by atoms with Crippen molar-refractivity contribution < 1.29 is 18.3 Å². The predicted molar refractivity (Wildman–Crippen MR) is 93.9 cm³/mol. The van der Waals surface area contributed by atoms with E-state index in [1.807, 2.05) is 0 Å². The van der Waals surface area contributed by atoms with Crippen LogP contribution in [-0.4, -0.2) is 43.4 Å². The smallest absolute Gasteiger partial charge is 0.316 e. The third-order valence-electron chi connectivity index (χ3n) is 3.87. The van der Waals surface area contributed by atoms with Gasteiger partial charge in [-0.2, -0.15) is 8.78 Å². The highest BCUT2D eigenvalue weighted by molar-refractivity contribution is 5.50. The van der Waals surface area contributed by atoms with E-state index in [0.717, 1.165) is 23.3 Å². The summed E-state index contributed by atoms with van der Waals surface area (Å²) in [4.78, 5) is 3.69. The maximum atomic E-state index is 14.4. The molecule has 144 valence electrons. The summed E-state index contributed by atoms with van der Waals surface area (Å²) in [7, 11) is 1.67. The van der Waals surface area contributed by atoms with Gasteiger partial charge in [0.25, 0.3) is 0 Å². The highest BCUT2D eigenvalue weighted by Gasteiger charge is 2.42. The lowest BCUT2D eigenvalue weighted by Crippen LogP contribution is -2.35. The predicted octanol–water partition coefficient (Wildman–Crippen LogP) is 1.80. The molecule has 0 aliphatic carbocycles. The first-order chi connectivity index (χ1) is 13.4. The van der Waals surface area contributed by atoms with Crippen LogP contribution in [0.25, 0.3) is 0 Å². The van der Waals surface area contributed by atoms with Crippen molar-refractivity contribution in [1.82, 2.24) is 25.2 Å². The summed E-state index contributed by atoms with van der Waals surface area (Å²) in [5.41, 5.74) is 0.483. The minimum atomic E-state index is -3.62. The van der Waals surface area contributed by atoms with Gasteiger partial charge in [0.05, 0.1) is 12.1 Å². The van der Waals surface area contributed by atoms with Crippen molar-refractivity contribution in [3.63, 3.8) is 0 Å². The maximum absolute atomic E-state index is 14.4. The summed E-state index contributed by atoms with van der Waals surface area (Å²) >= 11 is 0. The van der Waals surface area contributed by atoms with Crippen molar-refractivity contribution in [2.45, 2.75) is 18.6 Å². The van der Waals surface area contributed by atoms with Gasteiger partial charge in [0.15, 0.2) is 0 Å². The van der Waals surface area contributed by atoms with E-state index in [4.69, 9.17) is 0 Å². The number of aliphatic hydroxyl groups excluding tert-OH is 1. The third kappa shape index (κ3) is 4.27. The number of hydrogen-bond acceptors (Lipinski definition) is 6. The zero-order valence-corrected chi connectivity index (χ0v) is 14.6. The van der Waals surface area contributed by atoms with Gasteiger partial charge in [-0.15, -0.1) is 5.10 Å². The molecule has 28 heavy (non-hydrogen) atoms. The Balaban J connectivity index is 1.74. The van der Waals surface area contributed by atoms with E-state index >= 15 is 0 Å². The van der Waals surface area contributed by atoms with Crippen LogP contribution in [-0.2, 0) is 12.5 Å². The average molecular weight is 388 g/mol. The van der Waals surface area contributed by atoms with Gasteiger partial charge in [-0.3, -0.25) is 4.98 Å². The lowest BCUT2D eigenvalue weighted by molar-refractivity contribution is -0.124. The van der Waals surface area contributed by atoms with Gasteiger partial charge in [-0.1, -0.05) is 11.8 Å². The summed E-state index contributed by atoms with van der Waals surface area (Å²) < 4.78 is 43.6. The molecule has 0 aliphatic heterocycles. The first kappa shape index (κ1) is 19.3. The highest BCUT2D eigenvalue weighted by Crippen LogP contribution is 2.31. The van der Waals surface area contributed by atoms with E-state index in [1.54, 1.807) is 13.1 Å². The Bertz CT molecular complexity index is 996. The van der Waals surface area contributed by atoms with Gasteiger partial charge in [0.2, 0.25) is 0 Å². The molecular formula is C18H15F3N6O. The van der Waals surface area contributed by atoms with Crippen molar-refractivity contribution in [2.75, 3.05) is 12.4 Å². The zero-order chi connectivity index (χ0) is 20.1. The molecule has 10 heteroatoms. The molecule has 0 saturated heterocycles. The fourth-order valence-electron chi connectivity index (χ4n) is 2.30. The SMILES string of the molecule is CNc1ccc(C#Cc2ccc(C(F)(F)C(O)Cn3cnnn3)nc2)c(F)c1. The van der Waals surface area contributed by atoms with Crippen molar-refractivity contribution in [1.29, 1.82) is 0 Å². The number of rotatable bonds is 5. The van der Waals surface area contributed by atoms with Crippen LogP contribution in [0.5, 0.6) is 0 Å². The van der Waals surface area contributed by atoms with E-state index in [1.165, 1.54) is 18.2 Å².